The van der Waals surface area contributed by atoms with E-state index in [1.165, 1.54) is 16.3 Å². The van der Waals surface area contributed by atoms with Crippen LogP contribution in [0.2, 0.25) is 39.3 Å². The van der Waals surface area contributed by atoms with Gasteiger partial charge in [0, 0.05) is 8.07 Å². The molecule has 0 amide bonds. The Morgan fingerprint density at radius 2 is 1.42 bits per heavy atom. The Morgan fingerprint density at radius 3 is 1.88 bits per heavy atom. The first-order valence-electron chi connectivity index (χ1n) is 7.58. The summed E-state index contributed by atoms with van der Waals surface area (Å²) in [5.74, 6) is 0. The van der Waals surface area contributed by atoms with Gasteiger partial charge in [-0.05, 0) is 12.0 Å². The molecule has 24 heavy (non-hydrogen) atoms. The van der Waals surface area contributed by atoms with E-state index in [4.69, 9.17) is 0 Å². The first kappa shape index (κ1) is 29.5. The normalized spacial score (nSPS) is 13.4. The van der Waals surface area contributed by atoms with E-state index in [0.29, 0.717) is 0 Å². The molecule has 0 N–H and O–H groups in total. The van der Waals surface area contributed by atoms with Crippen LogP contribution >= 0.6 is 0 Å². The fourth-order valence-corrected chi connectivity index (χ4v) is 5.76. The number of hydrogen-bond acceptors (Lipinski definition) is 0. The molecule has 0 bridgehead atoms. The molecule has 1 aliphatic carbocycles. The predicted molar refractivity (Wildman–Crippen MR) is 95.9 cm³/mol. The van der Waals surface area contributed by atoms with Crippen molar-refractivity contribution in [3.63, 3.8) is 0 Å². The van der Waals surface area contributed by atoms with E-state index < -0.39 is 16.1 Å². The Kier molecular flexibility index (Phi) is 14.0. The molecule has 1 aliphatic rings. The van der Waals surface area contributed by atoms with E-state index in [0.717, 1.165) is 12.8 Å². The molecular formula is C18H27Cl3Si2Ti. The van der Waals surface area contributed by atoms with Gasteiger partial charge in [0.1, 0.15) is 0 Å². The van der Waals surface area contributed by atoms with Crippen molar-refractivity contribution in [3.05, 3.63) is 52.8 Å². The second-order valence-corrected chi connectivity index (χ2v) is 18.0. The zero-order valence-corrected chi connectivity index (χ0v) is 21.3. The summed E-state index contributed by atoms with van der Waals surface area (Å²) >= 11 is 0. The van der Waals surface area contributed by atoms with Gasteiger partial charge in [-0.1, -0.05) is 75.2 Å². The molecule has 0 atom stereocenters. The van der Waals surface area contributed by atoms with Crippen LogP contribution in [0.1, 0.15) is 12.0 Å². The van der Waals surface area contributed by atoms with Crippen molar-refractivity contribution in [2.75, 3.05) is 0 Å². The van der Waals surface area contributed by atoms with Crippen molar-refractivity contribution in [1.29, 1.82) is 0 Å². The van der Waals surface area contributed by atoms with Gasteiger partial charge in [0.2, 0.25) is 0 Å². The second kappa shape index (κ2) is 11.4. The zero-order valence-electron chi connectivity index (χ0n) is 15.4. The van der Waals surface area contributed by atoms with Crippen LogP contribution in [0.3, 0.4) is 0 Å². The third kappa shape index (κ3) is 7.95. The Balaban J connectivity index is -0.00000110. The summed E-state index contributed by atoms with van der Waals surface area (Å²) in [6.07, 6.45) is 8.33. The Hall–Kier alpha value is 0.718. The van der Waals surface area contributed by atoms with Gasteiger partial charge in [-0.3, -0.25) is 6.08 Å². The van der Waals surface area contributed by atoms with Crippen LogP contribution in [0.15, 0.2) is 41.1 Å². The topological polar surface area (TPSA) is 0 Å². The van der Waals surface area contributed by atoms with Gasteiger partial charge in [-0.2, -0.15) is 5.57 Å². The number of hydrogen-bond donors (Lipinski definition) is 0. The van der Waals surface area contributed by atoms with E-state index in [2.05, 4.69) is 75.7 Å². The molecule has 0 heterocycles. The molecule has 0 nitrogen and oxygen atoms in total. The minimum atomic E-state index is -1.25. The summed E-state index contributed by atoms with van der Waals surface area (Å²) in [6.45, 7) is 14.5. The summed E-state index contributed by atoms with van der Waals surface area (Å²) in [6, 6.07) is 9.02. The maximum atomic E-state index is 3.71. The van der Waals surface area contributed by atoms with Crippen molar-refractivity contribution in [2.24, 2.45) is 0 Å². The van der Waals surface area contributed by atoms with Gasteiger partial charge in [0.15, 0.2) is 0 Å². The molecule has 0 saturated carbocycles. The van der Waals surface area contributed by atoms with Gasteiger partial charge < -0.3 is 37.2 Å². The molecule has 0 fully saturated rings. The molecule has 0 saturated heterocycles. The van der Waals surface area contributed by atoms with Crippen LogP contribution in [-0.4, -0.2) is 16.1 Å². The molecule has 6 heteroatoms. The van der Waals surface area contributed by atoms with E-state index in [-0.39, 0.29) is 58.9 Å². The predicted octanol–water partition coefficient (Wildman–Crippen LogP) is -4.28. The summed E-state index contributed by atoms with van der Waals surface area (Å²) < 4.78 is 0. The van der Waals surface area contributed by atoms with E-state index in [9.17, 15) is 0 Å². The molecule has 0 aliphatic heterocycles. The molecular weight excluding hydrogens is 427 g/mol. The fraction of sp³-hybridized carbons (Fsp3) is 0.444. The van der Waals surface area contributed by atoms with Crippen molar-refractivity contribution in [1.82, 2.24) is 0 Å². The van der Waals surface area contributed by atoms with E-state index >= 15 is 0 Å². The van der Waals surface area contributed by atoms with Crippen LogP contribution in [0.4, 0.5) is 0 Å². The number of rotatable bonds is 4. The summed E-state index contributed by atoms with van der Waals surface area (Å²) in [4.78, 5) is 0. The smallest absolute Gasteiger partial charge is 1.00 e. The average Bonchev–Trinajstić information content (AvgIpc) is 2.76. The molecule has 132 valence electrons. The van der Waals surface area contributed by atoms with Gasteiger partial charge in [-0.15, -0.1) is 0 Å². The number of allylic oxidation sites excluding steroid dienone is 4. The van der Waals surface area contributed by atoms with Gasteiger partial charge in [0.05, 0.1) is 8.07 Å². The molecule has 0 aromatic heterocycles. The minimum Gasteiger partial charge on any atom is -1.00 e. The molecule has 0 unspecified atom stereocenters. The van der Waals surface area contributed by atoms with Crippen LogP contribution in [-0.2, 0) is 28.1 Å². The van der Waals surface area contributed by atoms with Gasteiger partial charge in [-0.25, -0.2) is 11.3 Å². The summed E-state index contributed by atoms with van der Waals surface area (Å²) in [5.41, 5.74) is 3.01. The maximum absolute atomic E-state index is 3.71. The standard InChI is InChI=1S/C18H27Si2.3ClH.Ti/c1-19(2,3)17-12-11-15(14-17)13-16-9-7-8-10-18(16)20(4,5)6;;;;/h7-10,12H,11,13H2,1-6H3;3*1H;/q-1;;;;+4/p-3. The average molecular weight is 454 g/mol. The summed E-state index contributed by atoms with van der Waals surface area (Å²) in [5, 5.41) is 3.12. The van der Waals surface area contributed by atoms with Crippen LogP contribution in [0, 0.1) is 6.08 Å². The molecule has 2 rings (SSSR count). The van der Waals surface area contributed by atoms with Crippen LogP contribution < -0.4 is 42.4 Å². The van der Waals surface area contributed by atoms with Crippen molar-refractivity contribution in [2.45, 2.75) is 52.1 Å². The quantitative estimate of drug-likeness (QED) is 0.320. The Labute approximate surface area is 184 Å². The number of benzene rings is 1. The minimum absolute atomic E-state index is 0. The first-order chi connectivity index (χ1) is 9.18. The monoisotopic (exact) mass is 452 g/mol. The van der Waals surface area contributed by atoms with Crippen molar-refractivity contribution in [3.8, 4) is 0 Å². The third-order valence-electron chi connectivity index (χ3n) is 3.90. The summed E-state index contributed by atoms with van der Waals surface area (Å²) in [7, 11) is -2.45. The second-order valence-electron chi connectivity index (χ2n) is 7.88. The Morgan fingerprint density at radius 1 is 0.875 bits per heavy atom. The van der Waals surface area contributed by atoms with Crippen molar-refractivity contribution < 1.29 is 58.9 Å². The molecule has 0 spiro atoms. The van der Waals surface area contributed by atoms with Crippen molar-refractivity contribution >= 4 is 21.3 Å². The first-order valence-corrected chi connectivity index (χ1v) is 14.6. The maximum Gasteiger partial charge on any atom is 4.00 e. The SMILES string of the molecule is C[Si](C)(C)C1=CCC(Cc2ccccc2[Si](C)(C)C)=[C-]1.[Cl-].[Cl-].[Cl-].[Ti+4]. The van der Waals surface area contributed by atoms with Crippen LogP contribution in [0.5, 0.6) is 0 Å². The van der Waals surface area contributed by atoms with Gasteiger partial charge in [0.25, 0.3) is 0 Å². The van der Waals surface area contributed by atoms with E-state index in [1.54, 1.807) is 5.19 Å². The zero-order chi connectivity index (χ0) is 15.0. The Bertz CT molecular complexity index is 570. The number of halogens is 3. The largest absolute Gasteiger partial charge is 4.00 e. The molecule has 1 aromatic carbocycles. The van der Waals surface area contributed by atoms with Crippen LogP contribution in [0.25, 0.3) is 0 Å². The molecule has 0 radical (unpaired) electrons. The van der Waals surface area contributed by atoms with E-state index in [1.807, 2.05) is 0 Å². The fourth-order valence-electron chi connectivity index (χ4n) is 2.76. The molecule has 1 aromatic rings. The van der Waals surface area contributed by atoms with Gasteiger partial charge >= 0.3 is 21.7 Å². The third-order valence-corrected chi connectivity index (χ3v) is 7.95.